The van der Waals surface area contributed by atoms with E-state index >= 15 is 0 Å². The van der Waals surface area contributed by atoms with E-state index in [4.69, 9.17) is 9.84 Å². The highest BCUT2D eigenvalue weighted by Crippen LogP contribution is 2.18. The molecule has 0 aromatic heterocycles. The smallest absolute Gasteiger partial charge is 0.332 e. The average Bonchev–Trinajstić information content (AvgIpc) is 2.82. The van der Waals surface area contributed by atoms with Gasteiger partial charge in [0.25, 0.3) is 0 Å². The highest BCUT2D eigenvalue weighted by molar-refractivity contribution is 5.84. The standard InChI is InChI=1S/C12H21N3O5/c1-7(2)15-10(16)6-14-12(19)13-5-8-3-4-9(20-8)11(17)18/h7-9H,3-6H2,1-2H3,(H,15,16)(H,17,18)(H2,13,14,19). The van der Waals surface area contributed by atoms with Crippen LogP contribution in [0.5, 0.6) is 0 Å². The maximum atomic E-state index is 11.4. The fraction of sp³-hybridized carbons (Fsp3) is 0.750. The second-order valence-corrected chi connectivity index (χ2v) is 4.95. The van der Waals surface area contributed by atoms with E-state index in [0.717, 1.165) is 0 Å². The summed E-state index contributed by atoms with van der Waals surface area (Å²) in [5.74, 6) is -1.25. The zero-order valence-electron chi connectivity index (χ0n) is 11.6. The molecule has 0 aromatic carbocycles. The zero-order chi connectivity index (χ0) is 15.1. The summed E-state index contributed by atoms with van der Waals surface area (Å²) in [4.78, 5) is 33.4. The van der Waals surface area contributed by atoms with Crippen LogP contribution in [0.25, 0.3) is 0 Å². The minimum Gasteiger partial charge on any atom is -0.479 e. The molecule has 1 heterocycles. The molecule has 2 unspecified atom stereocenters. The Morgan fingerprint density at radius 3 is 2.50 bits per heavy atom. The molecule has 20 heavy (non-hydrogen) atoms. The van der Waals surface area contributed by atoms with Crippen LogP contribution in [-0.2, 0) is 14.3 Å². The lowest BCUT2D eigenvalue weighted by molar-refractivity contribution is -0.149. The quantitative estimate of drug-likeness (QED) is 0.522. The molecule has 2 atom stereocenters. The van der Waals surface area contributed by atoms with E-state index < -0.39 is 18.1 Å². The minimum absolute atomic E-state index is 0.0206. The van der Waals surface area contributed by atoms with Crippen molar-refractivity contribution in [3.63, 3.8) is 0 Å². The van der Waals surface area contributed by atoms with Gasteiger partial charge in [-0.1, -0.05) is 0 Å². The molecule has 114 valence electrons. The fourth-order valence-electron chi connectivity index (χ4n) is 1.84. The summed E-state index contributed by atoms with van der Waals surface area (Å²) in [6.45, 7) is 3.78. The number of carbonyl (C=O) groups excluding carboxylic acids is 2. The molecule has 3 amide bonds. The number of amides is 3. The van der Waals surface area contributed by atoms with E-state index in [1.54, 1.807) is 0 Å². The summed E-state index contributed by atoms with van der Waals surface area (Å²) in [6.07, 6.45) is -0.0569. The van der Waals surface area contributed by atoms with Crippen molar-refractivity contribution in [3.05, 3.63) is 0 Å². The molecular formula is C12H21N3O5. The average molecular weight is 287 g/mol. The molecule has 1 fully saturated rings. The Morgan fingerprint density at radius 2 is 1.95 bits per heavy atom. The number of ether oxygens (including phenoxy) is 1. The predicted octanol–water partition coefficient (Wildman–Crippen LogP) is -0.558. The lowest BCUT2D eigenvalue weighted by Gasteiger charge is -2.13. The second kappa shape index (κ2) is 7.68. The van der Waals surface area contributed by atoms with Gasteiger partial charge < -0.3 is 25.8 Å². The first-order valence-electron chi connectivity index (χ1n) is 6.57. The van der Waals surface area contributed by atoms with Gasteiger partial charge in [0.15, 0.2) is 6.10 Å². The highest BCUT2D eigenvalue weighted by atomic mass is 16.5. The third-order valence-electron chi connectivity index (χ3n) is 2.73. The number of rotatable bonds is 6. The van der Waals surface area contributed by atoms with Gasteiger partial charge in [-0.2, -0.15) is 0 Å². The third-order valence-corrected chi connectivity index (χ3v) is 2.73. The van der Waals surface area contributed by atoms with Gasteiger partial charge in [-0.15, -0.1) is 0 Å². The highest BCUT2D eigenvalue weighted by Gasteiger charge is 2.30. The SMILES string of the molecule is CC(C)NC(=O)CNC(=O)NCC1CCC(C(=O)O)O1. The van der Waals surface area contributed by atoms with E-state index in [9.17, 15) is 14.4 Å². The van der Waals surface area contributed by atoms with Crippen molar-refractivity contribution in [1.82, 2.24) is 16.0 Å². The largest absolute Gasteiger partial charge is 0.479 e. The van der Waals surface area contributed by atoms with Crippen LogP contribution in [0.1, 0.15) is 26.7 Å². The van der Waals surface area contributed by atoms with Crippen LogP contribution in [0, 0.1) is 0 Å². The van der Waals surface area contributed by atoms with Crippen molar-refractivity contribution in [3.8, 4) is 0 Å². The van der Waals surface area contributed by atoms with Gasteiger partial charge in [0, 0.05) is 12.6 Å². The lowest BCUT2D eigenvalue weighted by Crippen LogP contribution is -2.45. The van der Waals surface area contributed by atoms with Gasteiger partial charge in [0.05, 0.1) is 12.6 Å². The van der Waals surface area contributed by atoms with Crippen LogP contribution < -0.4 is 16.0 Å². The lowest BCUT2D eigenvalue weighted by atomic mass is 10.2. The van der Waals surface area contributed by atoms with Gasteiger partial charge in [0.2, 0.25) is 5.91 Å². The molecule has 0 aliphatic carbocycles. The Morgan fingerprint density at radius 1 is 1.25 bits per heavy atom. The number of carboxylic acids is 1. The van der Waals surface area contributed by atoms with Crippen LogP contribution in [0.4, 0.5) is 4.79 Å². The third kappa shape index (κ3) is 5.87. The summed E-state index contributed by atoms with van der Waals surface area (Å²) in [5.41, 5.74) is 0. The molecule has 0 aromatic rings. The van der Waals surface area contributed by atoms with Gasteiger partial charge in [-0.05, 0) is 26.7 Å². The Kier molecular flexibility index (Phi) is 6.23. The van der Waals surface area contributed by atoms with Gasteiger partial charge in [-0.3, -0.25) is 4.79 Å². The molecule has 1 aliphatic rings. The number of hydrogen-bond donors (Lipinski definition) is 4. The van der Waals surface area contributed by atoms with Crippen molar-refractivity contribution < 1.29 is 24.2 Å². The number of aliphatic carboxylic acids is 1. The number of hydrogen-bond acceptors (Lipinski definition) is 4. The number of carbonyl (C=O) groups is 3. The fourth-order valence-corrected chi connectivity index (χ4v) is 1.84. The van der Waals surface area contributed by atoms with Crippen LogP contribution in [-0.4, -0.2) is 54.4 Å². The molecule has 0 bridgehead atoms. The van der Waals surface area contributed by atoms with E-state index in [1.807, 2.05) is 13.8 Å². The second-order valence-electron chi connectivity index (χ2n) is 4.95. The molecule has 8 nitrogen and oxygen atoms in total. The molecule has 1 aliphatic heterocycles. The maximum absolute atomic E-state index is 11.4. The van der Waals surface area contributed by atoms with E-state index in [1.165, 1.54) is 0 Å². The van der Waals surface area contributed by atoms with Crippen molar-refractivity contribution in [1.29, 1.82) is 0 Å². The van der Waals surface area contributed by atoms with Gasteiger partial charge in [0.1, 0.15) is 0 Å². The number of carboxylic acid groups (broad SMARTS) is 1. The van der Waals surface area contributed by atoms with Crippen molar-refractivity contribution in [2.75, 3.05) is 13.1 Å². The molecule has 0 spiro atoms. The Hall–Kier alpha value is -1.83. The summed E-state index contributed by atoms with van der Waals surface area (Å²) in [6, 6.07) is -0.460. The first-order chi connectivity index (χ1) is 9.38. The molecule has 8 heteroatoms. The van der Waals surface area contributed by atoms with E-state index in [-0.39, 0.29) is 31.1 Å². The van der Waals surface area contributed by atoms with Crippen molar-refractivity contribution in [2.45, 2.75) is 44.9 Å². The summed E-state index contributed by atoms with van der Waals surface area (Å²) >= 11 is 0. The van der Waals surface area contributed by atoms with Crippen molar-refractivity contribution >= 4 is 17.9 Å². The van der Waals surface area contributed by atoms with E-state index in [2.05, 4.69) is 16.0 Å². The summed E-state index contributed by atoms with van der Waals surface area (Å²) in [5, 5.41) is 16.4. The minimum atomic E-state index is -0.984. The van der Waals surface area contributed by atoms with Gasteiger partial charge in [-0.25, -0.2) is 9.59 Å². The summed E-state index contributed by atoms with van der Waals surface area (Å²) < 4.78 is 5.23. The Balaban J connectivity index is 2.15. The summed E-state index contributed by atoms with van der Waals surface area (Å²) in [7, 11) is 0. The molecular weight excluding hydrogens is 266 g/mol. The number of nitrogens with one attached hydrogen (secondary N) is 3. The molecule has 0 radical (unpaired) electrons. The first kappa shape index (κ1) is 16.2. The normalized spacial score (nSPS) is 21.6. The Labute approximate surface area is 117 Å². The van der Waals surface area contributed by atoms with Crippen LogP contribution in [0.3, 0.4) is 0 Å². The predicted molar refractivity (Wildman–Crippen MR) is 70.2 cm³/mol. The molecule has 0 saturated carbocycles. The van der Waals surface area contributed by atoms with Crippen molar-refractivity contribution in [2.24, 2.45) is 0 Å². The Bertz CT molecular complexity index is 372. The molecule has 1 rings (SSSR count). The van der Waals surface area contributed by atoms with Crippen LogP contribution in [0.15, 0.2) is 0 Å². The van der Waals surface area contributed by atoms with Gasteiger partial charge >= 0.3 is 12.0 Å². The molecule has 1 saturated heterocycles. The monoisotopic (exact) mass is 287 g/mol. The number of urea groups is 1. The molecule has 4 N–H and O–H groups in total. The van der Waals surface area contributed by atoms with Crippen LogP contribution >= 0.6 is 0 Å². The van der Waals surface area contributed by atoms with E-state index in [0.29, 0.717) is 12.8 Å². The maximum Gasteiger partial charge on any atom is 0.332 e. The topological polar surface area (TPSA) is 117 Å². The zero-order valence-corrected chi connectivity index (χ0v) is 11.6. The van der Waals surface area contributed by atoms with Crippen LogP contribution in [0.2, 0.25) is 0 Å². The first-order valence-corrected chi connectivity index (χ1v) is 6.57.